The van der Waals surface area contributed by atoms with Gasteiger partial charge in [-0.1, -0.05) is 18.2 Å². The summed E-state index contributed by atoms with van der Waals surface area (Å²) in [4.78, 5) is 10.2. The van der Waals surface area contributed by atoms with Crippen molar-refractivity contribution in [2.24, 2.45) is 0 Å². The van der Waals surface area contributed by atoms with Gasteiger partial charge in [0.15, 0.2) is 0 Å². The fourth-order valence-corrected chi connectivity index (χ4v) is 3.54. The first kappa shape index (κ1) is 16.9. The van der Waals surface area contributed by atoms with Crippen molar-refractivity contribution in [3.63, 3.8) is 0 Å². The zero-order chi connectivity index (χ0) is 17.0. The Morgan fingerprint density at radius 3 is 2.30 bits per heavy atom. The molecule has 0 spiro atoms. The molecule has 2 aromatic rings. The molecule has 0 aromatic heterocycles. The third-order valence-electron chi connectivity index (χ3n) is 3.09. The van der Waals surface area contributed by atoms with Gasteiger partial charge in [-0.3, -0.25) is 4.31 Å². The summed E-state index contributed by atoms with van der Waals surface area (Å²) in [7, 11) is -4.28. The fraction of sp³-hybridized carbons (Fsp3) is 0.133. The van der Waals surface area contributed by atoms with Crippen LogP contribution in [-0.2, 0) is 10.0 Å². The van der Waals surface area contributed by atoms with Crippen molar-refractivity contribution in [3.05, 3.63) is 59.9 Å². The van der Waals surface area contributed by atoms with Crippen LogP contribution in [-0.4, -0.2) is 37.8 Å². The molecule has 2 rings (SSSR count). The van der Waals surface area contributed by atoms with Crippen LogP contribution < -0.4 is 4.31 Å². The number of benzene rings is 2. The first-order valence-corrected chi connectivity index (χ1v) is 8.03. The maximum absolute atomic E-state index is 14.1. The SMILES string of the molecule is O=C(O)c1ccc(S(=O)(=O)N(CCO)c2ccccc2)c(F)c1. The van der Waals surface area contributed by atoms with Crippen LogP contribution in [0.25, 0.3) is 0 Å². The molecule has 0 fully saturated rings. The number of nitrogens with zero attached hydrogens (tertiary/aromatic N) is 1. The largest absolute Gasteiger partial charge is 0.478 e. The number of carbonyl (C=O) groups is 1. The van der Waals surface area contributed by atoms with Crippen LogP contribution in [0, 0.1) is 5.82 Å². The zero-order valence-corrected chi connectivity index (χ0v) is 12.7. The summed E-state index contributed by atoms with van der Waals surface area (Å²) >= 11 is 0. The molecule has 0 atom stereocenters. The van der Waals surface area contributed by atoms with Gasteiger partial charge in [0, 0.05) is 0 Å². The molecular formula is C15H14FNO5S. The number of rotatable bonds is 6. The van der Waals surface area contributed by atoms with Crippen molar-refractivity contribution >= 4 is 21.7 Å². The minimum Gasteiger partial charge on any atom is -0.478 e. The molecular weight excluding hydrogens is 325 g/mol. The molecule has 2 N–H and O–H groups in total. The number of sulfonamides is 1. The second-order valence-corrected chi connectivity index (χ2v) is 6.42. The van der Waals surface area contributed by atoms with Crippen molar-refractivity contribution in [3.8, 4) is 0 Å². The van der Waals surface area contributed by atoms with Crippen molar-refractivity contribution < 1.29 is 27.8 Å². The van der Waals surface area contributed by atoms with Gasteiger partial charge in [-0.25, -0.2) is 17.6 Å². The lowest BCUT2D eigenvalue weighted by molar-refractivity contribution is 0.0696. The van der Waals surface area contributed by atoms with Crippen LogP contribution in [0.15, 0.2) is 53.4 Å². The van der Waals surface area contributed by atoms with Crippen molar-refractivity contribution in [1.29, 1.82) is 0 Å². The second kappa shape index (κ2) is 6.76. The minimum absolute atomic E-state index is 0.257. The van der Waals surface area contributed by atoms with E-state index in [0.717, 1.165) is 16.4 Å². The number of aliphatic hydroxyl groups is 1. The van der Waals surface area contributed by atoms with E-state index in [2.05, 4.69) is 0 Å². The standard InChI is InChI=1S/C15H14FNO5S/c16-13-10-11(15(19)20)6-7-14(13)23(21,22)17(8-9-18)12-4-2-1-3-5-12/h1-7,10,18H,8-9H2,(H,19,20). The summed E-state index contributed by atoms with van der Waals surface area (Å²) in [5, 5.41) is 17.9. The number of para-hydroxylation sites is 1. The maximum Gasteiger partial charge on any atom is 0.335 e. The van der Waals surface area contributed by atoms with E-state index in [4.69, 9.17) is 10.2 Å². The average Bonchev–Trinajstić information content (AvgIpc) is 2.52. The number of aliphatic hydroxyl groups excluding tert-OH is 1. The number of aromatic carboxylic acids is 1. The third-order valence-corrected chi connectivity index (χ3v) is 4.95. The lowest BCUT2D eigenvalue weighted by Gasteiger charge is -2.23. The highest BCUT2D eigenvalue weighted by molar-refractivity contribution is 7.92. The second-order valence-electron chi connectivity index (χ2n) is 4.59. The van der Waals surface area contributed by atoms with Gasteiger partial charge in [-0.15, -0.1) is 0 Å². The Labute approximate surface area is 132 Å². The predicted molar refractivity (Wildman–Crippen MR) is 81.4 cm³/mol. The smallest absolute Gasteiger partial charge is 0.335 e. The van der Waals surface area contributed by atoms with Gasteiger partial charge in [-0.2, -0.15) is 0 Å². The van der Waals surface area contributed by atoms with Gasteiger partial charge < -0.3 is 10.2 Å². The Hall–Kier alpha value is -2.45. The van der Waals surface area contributed by atoms with Gasteiger partial charge >= 0.3 is 5.97 Å². The van der Waals surface area contributed by atoms with E-state index in [1.54, 1.807) is 18.2 Å². The molecule has 0 amide bonds. The van der Waals surface area contributed by atoms with Crippen LogP contribution in [0.3, 0.4) is 0 Å². The van der Waals surface area contributed by atoms with Gasteiger partial charge in [0.25, 0.3) is 10.0 Å². The lowest BCUT2D eigenvalue weighted by atomic mass is 10.2. The summed E-state index contributed by atoms with van der Waals surface area (Å²) in [5.74, 6) is -2.52. The number of hydrogen-bond acceptors (Lipinski definition) is 4. The summed E-state index contributed by atoms with van der Waals surface area (Å²) in [6.45, 7) is -0.713. The highest BCUT2D eigenvalue weighted by Gasteiger charge is 2.28. The highest BCUT2D eigenvalue weighted by Crippen LogP contribution is 2.25. The van der Waals surface area contributed by atoms with E-state index in [-0.39, 0.29) is 17.8 Å². The monoisotopic (exact) mass is 339 g/mol. The lowest BCUT2D eigenvalue weighted by Crippen LogP contribution is -2.34. The Morgan fingerprint density at radius 2 is 1.78 bits per heavy atom. The maximum atomic E-state index is 14.1. The topological polar surface area (TPSA) is 94.9 Å². The summed E-state index contributed by atoms with van der Waals surface area (Å²) in [6, 6.07) is 10.5. The fourth-order valence-electron chi connectivity index (χ4n) is 2.03. The van der Waals surface area contributed by atoms with Crippen LogP contribution >= 0.6 is 0 Å². The highest BCUT2D eigenvalue weighted by atomic mass is 32.2. The molecule has 0 radical (unpaired) electrons. The van der Waals surface area contributed by atoms with E-state index >= 15 is 0 Å². The molecule has 0 saturated heterocycles. The molecule has 2 aromatic carbocycles. The Bertz CT molecular complexity index is 808. The molecule has 6 nitrogen and oxygen atoms in total. The van der Waals surface area contributed by atoms with Gasteiger partial charge in [0.2, 0.25) is 0 Å². The molecule has 0 aliphatic rings. The first-order chi connectivity index (χ1) is 10.9. The predicted octanol–water partition coefficient (Wildman–Crippen LogP) is 1.71. The molecule has 0 aliphatic heterocycles. The van der Waals surface area contributed by atoms with Crippen LogP contribution in [0.2, 0.25) is 0 Å². The van der Waals surface area contributed by atoms with E-state index in [0.29, 0.717) is 6.07 Å². The minimum atomic E-state index is -4.28. The molecule has 0 unspecified atom stereocenters. The molecule has 23 heavy (non-hydrogen) atoms. The molecule has 8 heteroatoms. The van der Waals surface area contributed by atoms with Crippen molar-refractivity contribution in [2.45, 2.75) is 4.90 Å². The van der Waals surface area contributed by atoms with E-state index < -0.39 is 33.3 Å². The van der Waals surface area contributed by atoms with E-state index in [1.165, 1.54) is 12.1 Å². The summed E-state index contributed by atoms with van der Waals surface area (Å²) < 4.78 is 40.3. The number of hydrogen-bond donors (Lipinski definition) is 2. The third kappa shape index (κ3) is 3.49. The van der Waals surface area contributed by atoms with E-state index in [9.17, 15) is 17.6 Å². The Balaban J connectivity index is 2.52. The number of anilines is 1. The van der Waals surface area contributed by atoms with Crippen LogP contribution in [0.5, 0.6) is 0 Å². The number of carboxylic acids is 1. The zero-order valence-electron chi connectivity index (χ0n) is 11.9. The van der Waals surface area contributed by atoms with Crippen LogP contribution in [0.1, 0.15) is 10.4 Å². The summed E-state index contributed by atoms with van der Waals surface area (Å²) in [5.41, 5.74) is -0.0851. The molecule has 0 aliphatic carbocycles. The Kier molecular flexibility index (Phi) is 4.97. The van der Waals surface area contributed by atoms with Gasteiger partial charge in [-0.05, 0) is 30.3 Å². The van der Waals surface area contributed by atoms with Crippen molar-refractivity contribution in [2.75, 3.05) is 17.5 Å². The number of halogens is 1. The van der Waals surface area contributed by atoms with E-state index in [1.807, 2.05) is 0 Å². The summed E-state index contributed by atoms with van der Waals surface area (Å²) in [6.07, 6.45) is 0. The van der Waals surface area contributed by atoms with Crippen LogP contribution in [0.4, 0.5) is 10.1 Å². The van der Waals surface area contributed by atoms with Gasteiger partial charge in [0.05, 0.1) is 24.4 Å². The Morgan fingerprint density at radius 1 is 1.13 bits per heavy atom. The molecule has 0 bridgehead atoms. The van der Waals surface area contributed by atoms with Gasteiger partial charge in [0.1, 0.15) is 10.7 Å². The number of carboxylic acid groups (broad SMARTS) is 1. The average molecular weight is 339 g/mol. The normalized spacial score (nSPS) is 11.2. The van der Waals surface area contributed by atoms with Crippen molar-refractivity contribution in [1.82, 2.24) is 0 Å². The molecule has 122 valence electrons. The molecule has 0 saturated carbocycles. The first-order valence-electron chi connectivity index (χ1n) is 6.59. The quantitative estimate of drug-likeness (QED) is 0.835. The molecule has 0 heterocycles.